The summed E-state index contributed by atoms with van der Waals surface area (Å²) in [6.07, 6.45) is 4.31. The SMILES string of the molecule is N#Cc1c(F)cc(C2(O)CC3CCCC(C2)S3)cc1F. The summed E-state index contributed by atoms with van der Waals surface area (Å²) in [6, 6.07) is 3.75. The predicted molar refractivity (Wildman–Crippen MR) is 73.2 cm³/mol. The maximum absolute atomic E-state index is 13.7. The standard InChI is InChI=1S/C15H15F2NOS/c16-13-4-9(5-14(17)12(13)8-18)15(19)6-10-2-1-3-11(7-15)20-10/h4-5,10-11,19H,1-3,6-7H2. The van der Waals surface area contributed by atoms with Crippen molar-refractivity contribution < 1.29 is 13.9 Å². The average Bonchev–Trinajstić information content (AvgIpc) is 2.37. The van der Waals surface area contributed by atoms with E-state index in [-0.39, 0.29) is 5.56 Å². The average molecular weight is 295 g/mol. The summed E-state index contributed by atoms with van der Waals surface area (Å²) in [7, 11) is 0. The second-order valence-electron chi connectivity index (χ2n) is 5.68. The van der Waals surface area contributed by atoms with Crippen LogP contribution in [-0.4, -0.2) is 15.6 Å². The minimum atomic E-state index is -1.17. The van der Waals surface area contributed by atoms with Gasteiger partial charge in [-0.2, -0.15) is 17.0 Å². The number of aliphatic hydroxyl groups is 1. The zero-order valence-corrected chi connectivity index (χ0v) is 11.7. The molecule has 2 bridgehead atoms. The summed E-state index contributed by atoms with van der Waals surface area (Å²) in [5, 5.41) is 20.2. The molecule has 0 spiro atoms. The van der Waals surface area contributed by atoms with Crippen LogP contribution in [0.1, 0.15) is 43.2 Å². The van der Waals surface area contributed by atoms with Crippen LogP contribution in [0.3, 0.4) is 0 Å². The molecule has 1 aromatic rings. The third-order valence-electron chi connectivity index (χ3n) is 4.26. The Morgan fingerprint density at radius 2 is 1.75 bits per heavy atom. The number of benzene rings is 1. The van der Waals surface area contributed by atoms with E-state index in [1.165, 1.54) is 6.07 Å². The molecule has 0 radical (unpaired) electrons. The molecule has 0 saturated carbocycles. The Kier molecular flexibility index (Phi) is 3.47. The Bertz CT molecular complexity index is 549. The minimum absolute atomic E-state index is 0.267. The Morgan fingerprint density at radius 1 is 1.20 bits per heavy atom. The second-order valence-corrected chi connectivity index (χ2v) is 7.28. The fourth-order valence-electron chi connectivity index (χ4n) is 3.30. The van der Waals surface area contributed by atoms with Gasteiger partial charge < -0.3 is 5.11 Å². The van der Waals surface area contributed by atoms with Gasteiger partial charge in [-0.15, -0.1) is 0 Å². The van der Waals surface area contributed by atoms with Crippen molar-refractivity contribution in [3.63, 3.8) is 0 Å². The molecular formula is C15H15F2NOS. The van der Waals surface area contributed by atoms with Crippen LogP contribution < -0.4 is 0 Å². The molecule has 2 saturated heterocycles. The summed E-state index contributed by atoms with van der Waals surface area (Å²) in [5.74, 6) is -1.78. The summed E-state index contributed by atoms with van der Waals surface area (Å²) in [4.78, 5) is 0. The first-order valence-corrected chi connectivity index (χ1v) is 7.73. The molecule has 2 unspecified atom stereocenters. The van der Waals surface area contributed by atoms with Crippen LogP contribution in [0.25, 0.3) is 0 Å². The Hall–Kier alpha value is -1.12. The van der Waals surface area contributed by atoms with Gasteiger partial charge in [0.05, 0.1) is 5.60 Å². The molecule has 0 amide bonds. The van der Waals surface area contributed by atoms with Crippen molar-refractivity contribution in [2.45, 2.75) is 48.2 Å². The summed E-state index contributed by atoms with van der Waals surface area (Å²) in [6.45, 7) is 0. The van der Waals surface area contributed by atoms with Crippen molar-refractivity contribution in [3.8, 4) is 6.07 Å². The molecule has 106 valence electrons. The van der Waals surface area contributed by atoms with Gasteiger partial charge in [0.25, 0.3) is 0 Å². The van der Waals surface area contributed by atoms with E-state index in [0.29, 0.717) is 23.3 Å². The largest absolute Gasteiger partial charge is 0.385 e. The van der Waals surface area contributed by atoms with Gasteiger partial charge in [-0.05, 0) is 43.4 Å². The zero-order chi connectivity index (χ0) is 14.3. The number of hydrogen-bond acceptors (Lipinski definition) is 3. The van der Waals surface area contributed by atoms with Crippen LogP contribution in [0.5, 0.6) is 0 Å². The molecule has 1 N–H and O–H groups in total. The number of fused-ring (bicyclic) bond motifs is 2. The highest BCUT2D eigenvalue weighted by atomic mass is 32.2. The van der Waals surface area contributed by atoms with Crippen molar-refractivity contribution >= 4 is 11.8 Å². The monoisotopic (exact) mass is 295 g/mol. The summed E-state index contributed by atoms with van der Waals surface area (Å²) < 4.78 is 27.5. The normalized spacial score (nSPS) is 32.7. The number of thioether (sulfide) groups is 1. The number of rotatable bonds is 1. The summed E-state index contributed by atoms with van der Waals surface area (Å²) in [5.41, 5.74) is -1.48. The Balaban J connectivity index is 1.98. The lowest BCUT2D eigenvalue weighted by Crippen LogP contribution is -2.40. The molecule has 1 aromatic carbocycles. The minimum Gasteiger partial charge on any atom is -0.385 e. The van der Waals surface area contributed by atoms with E-state index in [1.54, 1.807) is 0 Å². The van der Waals surface area contributed by atoms with Gasteiger partial charge in [-0.25, -0.2) is 8.78 Å². The highest BCUT2D eigenvalue weighted by Gasteiger charge is 2.43. The van der Waals surface area contributed by atoms with E-state index in [0.717, 1.165) is 31.4 Å². The van der Waals surface area contributed by atoms with Gasteiger partial charge in [-0.3, -0.25) is 0 Å². The maximum atomic E-state index is 13.7. The highest BCUT2D eigenvalue weighted by molar-refractivity contribution is 8.00. The van der Waals surface area contributed by atoms with Crippen LogP contribution in [0, 0.1) is 23.0 Å². The van der Waals surface area contributed by atoms with Crippen molar-refractivity contribution in [1.82, 2.24) is 0 Å². The van der Waals surface area contributed by atoms with Gasteiger partial charge in [0.1, 0.15) is 23.3 Å². The molecule has 0 aromatic heterocycles. The van der Waals surface area contributed by atoms with Crippen LogP contribution in [-0.2, 0) is 5.60 Å². The molecule has 2 aliphatic rings. The Labute approximate surface area is 120 Å². The molecule has 2 heterocycles. The van der Waals surface area contributed by atoms with E-state index in [2.05, 4.69) is 0 Å². The predicted octanol–water partition coefficient (Wildman–Crippen LogP) is 3.47. The molecule has 0 aliphatic carbocycles. The van der Waals surface area contributed by atoms with E-state index >= 15 is 0 Å². The van der Waals surface area contributed by atoms with Crippen molar-refractivity contribution in [3.05, 3.63) is 34.9 Å². The number of nitrogens with zero attached hydrogens (tertiary/aromatic N) is 1. The first-order valence-electron chi connectivity index (χ1n) is 6.79. The molecule has 20 heavy (non-hydrogen) atoms. The molecular weight excluding hydrogens is 280 g/mol. The summed E-state index contributed by atoms with van der Waals surface area (Å²) >= 11 is 1.89. The van der Waals surface area contributed by atoms with Crippen molar-refractivity contribution in [2.24, 2.45) is 0 Å². The fraction of sp³-hybridized carbons (Fsp3) is 0.533. The topological polar surface area (TPSA) is 44.0 Å². The van der Waals surface area contributed by atoms with Gasteiger partial charge in [0, 0.05) is 10.5 Å². The first-order chi connectivity index (χ1) is 9.51. The highest BCUT2D eigenvalue weighted by Crippen LogP contribution is 2.49. The van der Waals surface area contributed by atoms with Crippen molar-refractivity contribution in [2.75, 3.05) is 0 Å². The number of nitriles is 1. The van der Waals surface area contributed by atoms with Gasteiger partial charge in [-0.1, -0.05) is 6.42 Å². The van der Waals surface area contributed by atoms with Gasteiger partial charge in [0.2, 0.25) is 0 Å². The second kappa shape index (κ2) is 5.01. The lowest BCUT2D eigenvalue weighted by Gasteiger charge is -2.44. The molecule has 2 nitrogen and oxygen atoms in total. The van der Waals surface area contributed by atoms with Crippen LogP contribution in [0.2, 0.25) is 0 Å². The van der Waals surface area contributed by atoms with E-state index in [1.807, 2.05) is 11.8 Å². The van der Waals surface area contributed by atoms with E-state index < -0.39 is 22.8 Å². The number of halogens is 2. The van der Waals surface area contributed by atoms with E-state index in [4.69, 9.17) is 5.26 Å². The van der Waals surface area contributed by atoms with Gasteiger partial charge >= 0.3 is 0 Å². The third-order valence-corrected chi connectivity index (χ3v) is 5.83. The lowest BCUT2D eigenvalue weighted by atomic mass is 9.80. The van der Waals surface area contributed by atoms with Crippen LogP contribution in [0.15, 0.2) is 12.1 Å². The Morgan fingerprint density at radius 3 is 2.25 bits per heavy atom. The molecule has 5 heteroatoms. The van der Waals surface area contributed by atoms with Crippen LogP contribution >= 0.6 is 11.8 Å². The fourth-order valence-corrected chi connectivity index (χ4v) is 5.20. The molecule has 3 rings (SSSR count). The molecule has 2 aliphatic heterocycles. The first kappa shape index (κ1) is 13.8. The molecule has 2 atom stereocenters. The zero-order valence-electron chi connectivity index (χ0n) is 10.9. The smallest absolute Gasteiger partial charge is 0.144 e. The molecule has 2 fully saturated rings. The quantitative estimate of drug-likeness (QED) is 0.862. The number of hydrogen-bond donors (Lipinski definition) is 1. The maximum Gasteiger partial charge on any atom is 0.144 e. The third kappa shape index (κ3) is 2.32. The van der Waals surface area contributed by atoms with Gasteiger partial charge in [0.15, 0.2) is 0 Å². The van der Waals surface area contributed by atoms with Crippen molar-refractivity contribution in [1.29, 1.82) is 5.26 Å². The van der Waals surface area contributed by atoms with E-state index in [9.17, 15) is 13.9 Å². The van der Waals surface area contributed by atoms with Crippen LogP contribution in [0.4, 0.5) is 8.78 Å². The lowest BCUT2D eigenvalue weighted by molar-refractivity contribution is 0.00756.